The molecule has 0 bridgehead atoms. The average Bonchev–Trinajstić information content (AvgIpc) is 2.78. The maximum atomic E-state index is 4.49. The topological polar surface area (TPSA) is 12.9 Å². The van der Waals surface area contributed by atoms with E-state index in [0.29, 0.717) is 0 Å². The van der Waals surface area contributed by atoms with E-state index >= 15 is 0 Å². The lowest BCUT2D eigenvalue weighted by Gasteiger charge is -2.05. The molecule has 0 unspecified atom stereocenters. The van der Waals surface area contributed by atoms with Crippen molar-refractivity contribution < 1.29 is 0 Å². The number of nitrogens with zero attached hydrogens (tertiary/aromatic N) is 1. The summed E-state index contributed by atoms with van der Waals surface area (Å²) in [5, 5.41) is 1.19. The van der Waals surface area contributed by atoms with E-state index in [-0.39, 0.29) is 0 Å². The summed E-state index contributed by atoms with van der Waals surface area (Å²) in [5.41, 5.74) is 3.50. The number of hydrogen-bond acceptors (Lipinski definition) is 1. The fourth-order valence-electron chi connectivity index (χ4n) is 2.10. The summed E-state index contributed by atoms with van der Waals surface area (Å²) in [6.07, 6.45) is 13.6. The smallest absolute Gasteiger partial charge is 0.0780 e. The third-order valence-electron chi connectivity index (χ3n) is 2.93. The van der Waals surface area contributed by atoms with E-state index in [2.05, 4.69) is 59.6 Å². The Morgan fingerprint density at radius 2 is 1.84 bits per heavy atom. The van der Waals surface area contributed by atoms with Gasteiger partial charge in [0.2, 0.25) is 0 Å². The van der Waals surface area contributed by atoms with Gasteiger partial charge in [0.1, 0.15) is 0 Å². The van der Waals surface area contributed by atoms with Crippen molar-refractivity contribution >= 4 is 16.5 Å². The predicted octanol–water partition coefficient (Wildman–Crippen LogP) is 5.16. The molecule has 0 N–H and O–H groups in total. The van der Waals surface area contributed by atoms with Gasteiger partial charge < -0.3 is 0 Å². The summed E-state index contributed by atoms with van der Waals surface area (Å²) in [6, 6.07) is 10.4. The van der Waals surface area contributed by atoms with Crippen LogP contribution in [0.25, 0.3) is 16.5 Å². The van der Waals surface area contributed by atoms with Crippen LogP contribution in [-0.4, -0.2) is 4.98 Å². The molecule has 0 amide bonds. The van der Waals surface area contributed by atoms with Crippen molar-refractivity contribution in [3.63, 3.8) is 0 Å². The van der Waals surface area contributed by atoms with Crippen LogP contribution in [0.3, 0.4) is 0 Å². The number of para-hydroxylation sites is 1. The van der Waals surface area contributed by atoms with Crippen LogP contribution in [0.1, 0.15) is 25.8 Å². The molecule has 0 atom stereocenters. The van der Waals surface area contributed by atoms with Gasteiger partial charge in [0.25, 0.3) is 0 Å². The number of allylic oxidation sites excluding steroid dienone is 6. The van der Waals surface area contributed by atoms with Crippen LogP contribution in [0, 0.1) is 0 Å². The molecule has 96 valence electrons. The van der Waals surface area contributed by atoms with Crippen LogP contribution >= 0.6 is 0 Å². The van der Waals surface area contributed by atoms with Crippen molar-refractivity contribution in [3.05, 3.63) is 72.5 Å². The van der Waals surface area contributed by atoms with Crippen molar-refractivity contribution in [1.29, 1.82) is 0 Å². The largest absolute Gasteiger partial charge is 0.256 e. The second-order valence-corrected chi connectivity index (χ2v) is 4.07. The summed E-state index contributed by atoms with van der Waals surface area (Å²) in [6.45, 7) is 4.00. The minimum absolute atomic E-state index is 0.998. The standard InChI is InChI=1S/C16H13N.C2H6/c1-2-4-8-13(7-3-1)15-11-5-9-14-10-6-12-17-16(14)15;1-2/h1,3-12H,2H2;1-2H3. The van der Waals surface area contributed by atoms with Crippen molar-refractivity contribution in [1.82, 2.24) is 4.98 Å². The van der Waals surface area contributed by atoms with Gasteiger partial charge in [0.15, 0.2) is 0 Å². The zero-order valence-electron chi connectivity index (χ0n) is 11.5. The van der Waals surface area contributed by atoms with Crippen LogP contribution in [-0.2, 0) is 0 Å². The van der Waals surface area contributed by atoms with Crippen molar-refractivity contribution in [3.8, 4) is 0 Å². The Hall–Kier alpha value is -2.15. The van der Waals surface area contributed by atoms with Gasteiger partial charge in [-0.1, -0.05) is 68.5 Å². The van der Waals surface area contributed by atoms with Gasteiger partial charge in [-0.2, -0.15) is 0 Å². The Morgan fingerprint density at radius 3 is 2.74 bits per heavy atom. The van der Waals surface area contributed by atoms with Crippen molar-refractivity contribution in [2.75, 3.05) is 0 Å². The molecule has 1 aromatic carbocycles. The van der Waals surface area contributed by atoms with Crippen LogP contribution in [0.2, 0.25) is 0 Å². The normalized spacial score (nSPS) is 13.5. The highest BCUT2D eigenvalue weighted by molar-refractivity contribution is 5.93. The molecule has 1 heterocycles. The molecule has 0 saturated heterocycles. The van der Waals surface area contributed by atoms with Gasteiger partial charge in [-0.25, -0.2) is 0 Å². The number of pyridine rings is 1. The molecule has 19 heavy (non-hydrogen) atoms. The van der Waals surface area contributed by atoms with E-state index in [0.717, 1.165) is 11.9 Å². The Morgan fingerprint density at radius 1 is 1.00 bits per heavy atom. The zero-order chi connectivity index (χ0) is 13.5. The van der Waals surface area contributed by atoms with E-state index in [1.807, 2.05) is 26.1 Å². The first-order valence-electron chi connectivity index (χ1n) is 6.83. The van der Waals surface area contributed by atoms with E-state index in [9.17, 15) is 0 Å². The molecule has 0 aliphatic heterocycles. The monoisotopic (exact) mass is 249 g/mol. The van der Waals surface area contributed by atoms with Gasteiger partial charge in [-0.15, -0.1) is 0 Å². The molecule has 0 spiro atoms. The molecule has 0 saturated carbocycles. The highest BCUT2D eigenvalue weighted by Gasteiger charge is 2.04. The molecular formula is C18H19N. The maximum Gasteiger partial charge on any atom is 0.0780 e. The first-order chi connectivity index (χ1) is 9.45. The summed E-state index contributed by atoms with van der Waals surface area (Å²) >= 11 is 0. The van der Waals surface area contributed by atoms with Gasteiger partial charge >= 0.3 is 0 Å². The van der Waals surface area contributed by atoms with Crippen LogP contribution in [0.5, 0.6) is 0 Å². The third-order valence-corrected chi connectivity index (χ3v) is 2.93. The van der Waals surface area contributed by atoms with Crippen LogP contribution in [0.15, 0.2) is 66.9 Å². The molecule has 1 aliphatic carbocycles. The van der Waals surface area contributed by atoms with Gasteiger partial charge in [-0.05, 0) is 18.1 Å². The van der Waals surface area contributed by atoms with Gasteiger partial charge in [-0.3, -0.25) is 4.98 Å². The number of hydrogen-bond donors (Lipinski definition) is 0. The number of aromatic nitrogens is 1. The fraction of sp³-hybridized carbons (Fsp3) is 0.167. The third kappa shape index (κ3) is 3.00. The number of rotatable bonds is 1. The lowest BCUT2D eigenvalue weighted by atomic mass is 10.0. The lowest BCUT2D eigenvalue weighted by molar-refractivity contribution is 1.40. The highest BCUT2D eigenvalue weighted by atomic mass is 14.6. The lowest BCUT2D eigenvalue weighted by Crippen LogP contribution is -1.86. The van der Waals surface area contributed by atoms with E-state index < -0.39 is 0 Å². The second kappa shape index (κ2) is 6.69. The van der Waals surface area contributed by atoms with Crippen LogP contribution < -0.4 is 0 Å². The average molecular weight is 249 g/mol. The maximum absolute atomic E-state index is 4.49. The van der Waals surface area contributed by atoms with E-state index in [1.54, 1.807) is 0 Å². The molecule has 2 aromatic rings. The second-order valence-electron chi connectivity index (χ2n) is 4.07. The Kier molecular flexibility index (Phi) is 4.68. The Balaban J connectivity index is 0.000000637. The fourth-order valence-corrected chi connectivity index (χ4v) is 2.10. The first-order valence-corrected chi connectivity index (χ1v) is 6.83. The van der Waals surface area contributed by atoms with E-state index in [1.165, 1.54) is 16.5 Å². The van der Waals surface area contributed by atoms with Crippen LogP contribution in [0.4, 0.5) is 0 Å². The highest BCUT2D eigenvalue weighted by Crippen LogP contribution is 2.25. The quantitative estimate of drug-likeness (QED) is 0.680. The number of benzene rings is 1. The molecule has 1 aliphatic rings. The molecule has 1 aromatic heterocycles. The molecule has 0 radical (unpaired) electrons. The zero-order valence-corrected chi connectivity index (χ0v) is 11.5. The summed E-state index contributed by atoms with van der Waals surface area (Å²) < 4.78 is 0. The van der Waals surface area contributed by atoms with Gasteiger partial charge in [0, 0.05) is 17.1 Å². The SMILES string of the molecule is C1=CCC=CC(c2cccc3cccnc23)=C1.CC. The van der Waals surface area contributed by atoms with Crippen molar-refractivity contribution in [2.45, 2.75) is 20.3 Å². The Bertz CT molecular complexity index is 628. The minimum atomic E-state index is 0.998. The molecule has 1 heteroatoms. The predicted molar refractivity (Wildman–Crippen MR) is 84.0 cm³/mol. The van der Waals surface area contributed by atoms with Gasteiger partial charge in [0.05, 0.1) is 5.52 Å². The van der Waals surface area contributed by atoms with E-state index in [4.69, 9.17) is 0 Å². The molecule has 1 nitrogen and oxygen atoms in total. The summed E-state index contributed by atoms with van der Waals surface area (Å²) in [7, 11) is 0. The Labute approximate surface area is 115 Å². The summed E-state index contributed by atoms with van der Waals surface area (Å²) in [5.74, 6) is 0. The number of fused-ring (bicyclic) bond motifs is 1. The van der Waals surface area contributed by atoms with Crippen molar-refractivity contribution in [2.24, 2.45) is 0 Å². The molecule has 3 rings (SSSR count). The first kappa shape index (κ1) is 13.3. The minimum Gasteiger partial charge on any atom is -0.256 e. The molecular weight excluding hydrogens is 230 g/mol. The molecule has 0 fully saturated rings. The summed E-state index contributed by atoms with van der Waals surface area (Å²) in [4.78, 5) is 4.49.